The summed E-state index contributed by atoms with van der Waals surface area (Å²) >= 11 is 0. The van der Waals surface area contributed by atoms with Crippen molar-refractivity contribution in [2.45, 2.75) is 26.7 Å². The molecular formula is C26H23NO4. The molecule has 0 bridgehead atoms. The van der Waals surface area contributed by atoms with Gasteiger partial charge in [0.15, 0.2) is 18.2 Å². The van der Waals surface area contributed by atoms with Crippen LogP contribution in [0.5, 0.6) is 5.75 Å². The van der Waals surface area contributed by atoms with Gasteiger partial charge in [0.25, 0.3) is 5.91 Å². The van der Waals surface area contributed by atoms with Crippen LogP contribution in [0.3, 0.4) is 0 Å². The Morgan fingerprint density at radius 1 is 0.903 bits per heavy atom. The first kappa shape index (κ1) is 20.5. The number of carbonyl (C=O) groups excluding carboxylic acids is 3. The number of anilines is 1. The van der Waals surface area contributed by atoms with E-state index in [9.17, 15) is 14.4 Å². The molecule has 1 amide bonds. The molecule has 31 heavy (non-hydrogen) atoms. The minimum atomic E-state index is -0.399. The number of ketones is 2. The standard InChI is InChI=1S/C26H23NO4/c1-15(2)17-12-11-16(3)13-22(17)31-14-23(28)27-21-10-6-9-20-24(21)26(30)19-8-5-4-7-18(19)25(20)29/h4-13,15H,14H2,1-3H3,(H,27,28). The van der Waals surface area contributed by atoms with Gasteiger partial charge < -0.3 is 10.1 Å². The number of amides is 1. The van der Waals surface area contributed by atoms with Gasteiger partial charge in [-0.2, -0.15) is 0 Å². The first-order valence-electron chi connectivity index (χ1n) is 10.2. The van der Waals surface area contributed by atoms with E-state index in [0.29, 0.717) is 28.1 Å². The maximum absolute atomic E-state index is 13.1. The van der Waals surface area contributed by atoms with E-state index in [-0.39, 0.29) is 29.7 Å². The molecule has 5 nitrogen and oxygen atoms in total. The smallest absolute Gasteiger partial charge is 0.262 e. The van der Waals surface area contributed by atoms with Crippen molar-refractivity contribution in [3.05, 3.63) is 94.0 Å². The Bertz CT molecular complexity index is 1210. The van der Waals surface area contributed by atoms with E-state index in [1.54, 1.807) is 42.5 Å². The van der Waals surface area contributed by atoms with Crippen LogP contribution in [-0.4, -0.2) is 24.1 Å². The van der Waals surface area contributed by atoms with Crippen molar-refractivity contribution in [2.75, 3.05) is 11.9 Å². The molecule has 0 saturated carbocycles. The van der Waals surface area contributed by atoms with Gasteiger partial charge in [0, 0.05) is 16.7 Å². The zero-order valence-corrected chi connectivity index (χ0v) is 17.7. The summed E-state index contributed by atoms with van der Waals surface area (Å²) in [6, 6.07) is 17.5. The van der Waals surface area contributed by atoms with Crippen molar-refractivity contribution in [1.82, 2.24) is 0 Å². The van der Waals surface area contributed by atoms with Crippen LogP contribution in [0.2, 0.25) is 0 Å². The molecule has 0 unspecified atom stereocenters. The molecule has 0 aliphatic heterocycles. The highest BCUT2D eigenvalue weighted by Crippen LogP contribution is 2.32. The Morgan fingerprint density at radius 3 is 2.29 bits per heavy atom. The molecule has 156 valence electrons. The maximum Gasteiger partial charge on any atom is 0.262 e. The average Bonchev–Trinajstić information content (AvgIpc) is 2.76. The third kappa shape index (κ3) is 3.87. The summed E-state index contributed by atoms with van der Waals surface area (Å²) in [6.07, 6.45) is 0. The van der Waals surface area contributed by atoms with Crippen LogP contribution >= 0.6 is 0 Å². The fourth-order valence-corrected chi connectivity index (χ4v) is 3.82. The van der Waals surface area contributed by atoms with Gasteiger partial charge in [-0.1, -0.05) is 62.4 Å². The lowest BCUT2D eigenvalue weighted by Gasteiger charge is -2.20. The van der Waals surface area contributed by atoms with Crippen LogP contribution in [0.4, 0.5) is 5.69 Å². The number of nitrogens with one attached hydrogen (secondary N) is 1. The van der Waals surface area contributed by atoms with Gasteiger partial charge >= 0.3 is 0 Å². The van der Waals surface area contributed by atoms with Gasteiger partial charge in [-0.25, -0.2) is 0 Å². The zero-order chi connectivity index (χ0) is 22.1. The number of carbonyl (C=O) groups is 3. The van der Waals surface area contributed by atoms with Gasteiger partial charge in [0.05, 0.1) is 11.3 Å². The van der Waals surface area contributed by atoms with E-state index < -0.39 is 5.91 Å². The summed E-state index contributed by atoms with van der Waals surface area (Å²) < 4.78 is 5.80. The van der Waals surface area contributed by atoms with Crippen molar-refractivity contribution in [2.24, 2.45) is 0 Å². The normalized spacial score (nSPS) is 12.4. The summed E-state index contributed by atoms with van der Waals surface area (Å²) in [5.74, 6) is 0.0225. The van der Waals surface area contributed by atoms with Gasteiger partial charge in [-0.3, -0.25) is 14.4 Å². The molecular weight excluding hydrogens is 390 g/mol. The molecule has 3 aromatic rings. The van der Waals surface area contributed by atoms with E-state index in [4.69, 9.17) is 4.74 Å². The lowest BCUT2D eigenvalue weighted by Crippen LogP contribution is -2.26. The summed E-state index contributed by atoms with van der Waals surface area (Å²) in [5.41, 5.74) is 3.62. The highest BCUT2D eigenvalue weighted by molar-refractivity contribution is 6.30. The van der Waals surface area contributed by atoms with Gasteiger partial charge in [-0.05, 0) is 36.1 Å². The summed E-state index contributed by atoms with van der Waals surface area (Å²) in [6.45, 7) is 5.89. The summed E-state index contributed by atoms with van der Waals surface area (Å²) in [4.78, 5) is 38.5. The molecule has 5 heteroatoms. The Kier molecular flexibility index (Phi) is 5.42. The molecule has 0 fully saturated rings. The molecule has 0 spiro atoms. The SMILES string of the molecule is Cc1ccc(C(C)C)c(OCC(=O)Nc2cccc3c2C(=O)c2ccccc2C3=O)c1. The summed E-state index contributed by atoms with van der Waals surface area (Å²) in [5, 5.41) is 2.75. The first-order valence-corrected chi connectivity index (χ1v) is 10.2. The second-order valence-corrected chi connectivity index (χ2v) is 7.96. The number of benzene rings is 3. The number of fused-ring (bicyclic) bond motifs is 2. The Hall–Kier alpha value is -3.73. The molecule has 4 rings (SSSR count). The molecule has 0 heterocycles. The largest absolute Gasteiger partial charge is 0.483 e. The summed E-state index contributed by atoms with van der Waals surface area (Å²) in [7, 11) is 0. The quantitative estimate of drug-likeness (QED) is 0.505. The maximum atomic E-state index is 13.1. The molecule has 0 saturated heterocycles. The van der Waals surface area contributed by atoms with Crippen molar-refractivity contribution in [3.63, 3.8) is 0 Å². The fraction of sp³-hybridized carbons (Fsp3) is 0.192. The third-order valence-corrected chi connectivity index (χ3v) is 5.38. The Morgan fingerprint density at radius 2 is 1.58 bits per heavy atom. The van der Waals surface area contributed by atoms with Crippen LogP contribution in [0.15, 0.2) is 60.7 Å². The van der Waals surface area contributed by atoms with E-state index in [1.807, 2.05) is 25.1 Å². The second-order valence-electron chi connectivity index (χ2n) is 7.96. The lowest BCUT2D eigenvalue weighted by atomic mass is 9.83. The molecule has 1 aliphatic carbocycles. The Labute approximate surface area is 181 Å². The van der Waals surface area contributed by atoms with E-state index in [2.05, 4.69) is 19.2 Å². The van der Waals surface area contributed by atoms with Gasteiger partial charge in [0.1, 0.15) is 5.75 Å². The van der Waals surface area contributed by atoms with E-state index in [0.717, 1.165) is 11.1 Å². The third-order valence-electron chi connectivity index (χ3n) is 5.38. The molecule has 0 radical (unpaired) electrons. The number of hydrogen-bond acceptors (Lipinski definition) is 4. The van der Waals surface area contributed by atoms with Gasteiger partial charge in [0.2, 0.25) is 0 Å². The average molecular weight is 413 g/mol. The molecule has 1 aliphatic rings. The molecule has 3 aromatic carbocycles. The predicted octanol–water partition coefficient (Wildman–Crippen LogP) is 4.91. The molecule has 0 atom stereocenters. The molecule has 1 N–H and O–H groups in total. The number of aryl methyl sites for hydroxylation is 1. The highest BCUT2D eigenvalue weighted by atomic mass is 16.5. The minimum Gasteiger partial charge on any atom is -0.483 e. The lowest BCUT2D eigenvalue weighted by molar-refractivity contribution is -0.118. The van der Waals surface area contributed by atoms with Crippen molar-refractivity contribution < 1.29 is 19.1 Å². The van der Waals surface area contributed by atoms with Crippen LogP contribution < -0.4 is 10.1 Å². The van der Waals surface area contributed by atoms with Crippen molar-refractivity contribution >= 4 is 23.2 Å². The zero-order valence-electron chi connectivity index (χ0n) is 17.7. The topological polar surface area (TPSA) is 72.5 Å². The van der Waals surface area contributed by atoms with Crippen LogP contribution in [-0.2, 0) is 4.79 Å². The van der Waals surface area contributed by atoms with Crippen molar-refractivity contribution in [1.29, 1.82) is 0 Å². The first-order chi connectivity index (χ1) is 14.9. The van der Waals surface area contributed by atoms with Crippen molar-refractivity contribution in [3.8, 4) is 5.75 Å². The predicted molar refractivity (Wildman–Crippen MR) is 119 cm³/mol. The van der Waals surface area contributed by atoms with E-state index in [1.165, 1.54) is 0 Å². The van der Waals surface area contributed by atoms with Crippen LogP contribution in [0, 0.1) is 6.92 Å². The number of rotatable bonds is 5. The second kappa shape index (κ2) is 8.19. The highest BCUT2D eigenvalue weighted by Gasteiger charge is 2.31. The minimum absolute atomic E-state index is 0.203. The monoisotopic (exact) mass is 413 g/mol. The van der Waals surface area contributed by atoms with Crippen LogP contribution in [0.1, 0.15) is 62.7 Å². The Balaban J connectivity index is 1.57. The van der Waals surface area contributed by atoms with E-state index >= 15 is 0 Å². The van der Waals surface area contributed by atoms with Crippen LogP contribution in [0.25, 0.3) is 0 Å². The molecule has 0 aromatic heterocycles. The number of ether oxygens (including phenoxy) is 1. The fourth-order valence-electron chi connectivity index (χ4n) is 3.82. The van der Waals surface area contributed by atoms with Gasteiger partial charge in [-0.15, -0.1) is 0 Å². The number of hydrogen-bond donors (Lipinski definition) is 1.